The van der Waals surface area contributed by atoms with Gasteiger partial charge in [-0.05, 0) is 281 Å². The number of nitrogens with zero attached hydrogens (tertiary/aromatic N) is 4. The summed E-state index contributed by atoms with van der Waals surface area (Å²) in [7, 11) is 0. The van der Waals surface area contributed by atoms with Crippen LogP contribution in [0.2, 0.25) is 0 Å². The highest BCUT2D eigenvalue weighted by Gasteiger charge is 2.51. The van der Waals surface area contributed by atoms with Gasteiger partial charge in [0.15, 0.2) is 5.79 Å². The van der Waals surface area contributed by atoms with Crippen LogP contribution in [-0.4, -0.2) is 138 Å². The molecule has 12 aromatic carbocycles. The molecule has 4 N–H and O–H groups in total. The van der Waals surface area contributed by atoms with E-state index in [2.05, 4.69) is 0 Å². The molecule has 4 aliphatic rings. The molecule has 4 amide bonds. The normalized spacial score (nSPS) is 14.0. The van der Waals surface area contributed by atoms with Crippen molar-refractivity contribution in [3.05, 3.63) is 359 Å². The molecule has 4 fully saturated rings. The fraction of sp³-hybridized carbons (Fsp3) is 0.310. The third-order valence-corrected chi connectivity index (χ3v) is 24.0. The molecule has 4 aliphatic carbocycles. The zero-order valence-electron chi connectivity index (χ0n) is 83.4. The topological polar surface area (TPSA) is 267 Å². The number of hydrogen-bond donors (Lipinski definition) is 4. The Kier molecular flexibility index (Phi) is 35.8. The Hall–Kier alpha value is -14.8. The second-order valence-electron chi connectivity index (χ2n) is 35.1. The van der Waals surface area contributed by atoms with Gasteiger partial charge in [0.05, 0.1) is 39.8 Å². The van der Waals surface area contributed by atoms with Gasteiger partial charge in [0, 0.05) is 121 Å². The number of amides is 4. The number of ether oxygens (including phenoxy) is 4. The first-order valence-corrected chi connectivity index (χ1v) is 47.9. The molecule has 12 aromatic rings. The van der Waals surface area contributed by atoms with Crippen molar-refractivity contribution in [3.8, 4) is 67.5 Å². The number of carbonyl (C=O) groups excluding carboxylic acids is 4. The van der Waals surface area contributed by atoms with Gasteiger partial charge in [-0.2, -0.15) is 0 Å². The van der Waals surface area contributed by atoms with E-state index in [0.29, 0.717) is 159 Å². The van der Waals surface area contributed by atoms with E-state index in [1.54, 1.807) is 193 Å². The first-order valence-electron chi connectivity index (χ1n) is 50.4. The summed E-state index contributed by atoms with van der Waals surface area (Å²) in [6.07, 6.45) is 13.2. The Bertz CT molecular complexity index is 6420. The maximum absolute atomic E-state index is 15.3. The van der Waals surface area contributed by atoms with E-state index in [4.69, 9.17) is 46.2 Å². The van der Waals surface area contributed by atoms with E-state index in [9.17, 15) is 55.9 Å². The van der Waals surface area contributed by atoms with Gasteiger partial charge in [-0.25, -0.2) is 22.0 Å². The third-order valence-electron chi connectivity index (χ3n) is 24.0. The summed E-state index contributed by atoms with van der Waals surface area (Å²) in [5.41, 5.74) is 10.00. The van der Waals surface area contributed by atoms with E-state index >= 15 is 4.39 Å². The lowest BCUT2D eigenvalue weighted by molar-refractivity contribution is -0.138. The molecule has 141 heavy (non-hydrogen) atoms. The molecular weight excluding hydrogens is 1800 g/mol. The molecule has 0 radical (unpaired) electrons. The number of hydrogen-bond acceptors (Lipinski definition) is 12. The van der Waals surface area contributed by atoms with Crippen LogP contribution in [0.25, 0.3) is 44.5 Å². The number of benzene rings is 12. The fourth-order valence-corrected chi connectivity index (χ4v) is 15.6. The van der Waals surface area contributed by atoms with Crippen molar-refractivity contribution in [3.63, 3.8) is 0 Å². The molecule has 0 unspecified atom stereocenters. The van der Waals surface area contributed by atoms with Crippen LogP contribution in [0.5, 0.6) is 23.0 Å². The molecular formula is C116H119F5N4O16. The zero-order valence-corrected chi connectivity index (χ0v) is 78.4. The van der Waals surface area contributed by atoms with Crippen LogP contribution in [0, 0.1) is 23.3 Å². The highest BCUT2D eigenvalue weighted by atomic mass is 19.2. The van der Waals surface area contributed by atoms with Gasteiger partial charge >= 0.3 is 23.9 Å². The molecule has 0 bridgehead atoms. The van der Waals surface area contributed by atoms with E-state index in [1.807, 2.05) is 54.6 Å². The third kappa shape index (κ3) is 32.7. The predicted molar refractivity (Wildman–Crippen MR) is 531 cm³/mol. The molecule has 0 saturated heterocycles. The van der Waals surface area contributed by atoms with Crippen molar-refractivity contribution in [1.29, 1.82) is 0 Å². The lowest BCUT2D eigenvalue weighted by Gasteiger charge is -2.27. The molecule has 16 rings (SSSR count). The molecule has 20 nitrogen and oxygen atoms in total. The molecule has 0 spiro atoms. The standard InChI is InChI=1S/C29H29F2NO4.3C29H30FNO4/c30-25-9-6-8-23(19-25)21-12-14-22(15-13-21)28(35)32(29(31)16-17-29)20-24-7-3-4-10-26(24)36-18-5-1-2-11-27(33)34;30-25-9-6-8-23(19-25)21-12-14-22(15-13-21)29(34)31(26-16-17-26)20-24-7-3-4-10-27(24)35-18-5-1-2-11-28(32)33;2*30-25-15-13-22(14-16-25)21-9-11-23(12-10-21)29(34)31(26-17-18-26)20-24-6-3-4-7-27(24)35-19-5-1-2-8-28(32)33/h3-4,6-10,12-15,19H,1-2,5,11,16-18,20H2,(H,33,34);3-4,6-10,12-15,19,26H,1-2,5,11,16-18,20H2,(H,32,33);2*3-4,6-7,9-16,26H,1-2,5,8,17-20H2,(H,32,33)/i;20D2;26D;20D2. The summed E-state index contributed by atoms with van der Waals surface area (Å²) in [5.74, 6) is -5.69. The monoisotopic (exact) mass is 1920 g/mol. The highest BCUT2D eigenvalue weighted by Crippen LogP contribution is 2.46. The quantitative estimate of drug-likeness (QED) is 0.0157. The Labute approximate surface area is 826 Å². The number of alkyl halides is 1. The molecule has 0 aliphatic heterocycles. The maximum Gasteiger partial charge on any atom is 0.303 e. The average molecular weight is 1930 g/mol. The van der Waals surface area contributed by atoms with E-state index in [-0.39, 0.29) is 104 Å². The van der Waals surface area contributed by atoms with E-state index in [0.717, 1.165) is 83.9 Å². The van der Waals surface area contributed by atoms with Crippen molar-refractivity contribution in [2.45, 2.75) is 204 Å². The molecule has 734 valence electrons. The largest absolute Gasteiger partial charge is 0.493 e. The van der Waals surface area contributed by atoms with Crippen LogP contribution in [0.4, 0.5) is 22.0 Å². The fourth-order valence-electron chi connectivity index (χ4n) is 15.6. The minimum Gasteiger partial charge on any atom is -0.493 e. The van der Waals surface area contributed by atoms with Crippen LogP contribution < -0.4 is 18.9 Å². The number of aliphatic carboxylic acids is 4. The summed E-state index contributed by atoms with van der Waals surface area (Å²) in [5, 5.41) is 35.0. The number of carbonyl (C=O) groups is 8. The maximum atomic E-state index is 15.3. The Balaban J connectivity index is 0.000000163. The Morgan fingerprint density at radius 3 is 0.872 bits per heavy atom. The summed E-state index contributed by atoms with van der Waals surface area (Å²) in [6.45, 7) is -2.37. The first-order chi connectivity index (χ1) is 70.2. The zero-order chi connectivity index (χ0) is 104. The molecule has 25 heteroatoms. The van der Waals surface area contributed by atoms with Gasteiger partial charge in [0.25, 0.3) is 23.6 Å². The van der Waals surface area contributed by atoms with Gasteiger partial charge in [0.2, 0.25) is 0 Å². The summed E-state index contributed by atoms with van der Waals surface area (Å²) in [4.78, 5) is 102. The first kappa shape index (κ1) is 96.5. The molecule has 0 aromatic heterocycles. The van der Waals surface area contributed by atoms with Gasteiger partial charge < -0.3 is 59.0 Å². The van der Waals surface area contributed by atoms with Gasteiger partial charge in [-0.1, -0.05) is 170 Å². The molecule has 0 heterocycles. The minimum atomic E-state index is -2.11. The van der Waals surface area contributed by atoms with Crippen molar-refractivity contribution in [1.82, 2.24) is 19.6 Å². The molecule has 0 atom stereocenters. The Morgan fingerprint density at radius 2 is 0.574 bits per heavy atom. The van der Waals surface area contributed by atoms with Crippen molar-refractivity contribution in [2.75, 3.05) is 26.4 Å². The Morgan fingerprint density at radius 1 is 0.298 bits per heavy atom. The minimum absolute atomic E-state index is 0.0656. The smallest absolute Gasteiger partial charge is 0.303 e. The van der Waals surface area contributed by atoms with Crippen LogP contribution in [0.15, 0.2) is 291 Å². The second-order valence-corrected chi connectivity index (χ2v) is 35.1. The number of para-hydroxylation sites is 4. The highest BCUT2D eigenvalue weighted by molar-refractivity contribution is 5.98. The van der Waals surface area contributed by atoms with E-state index in [1.165, 1.54) is 63.2 Å². The number of rotatable bonds is 48. The lowest BCUT2D eigenvalue weighted by Crippen LogP contribution is -2.39. The number of unbranched alkanes of at least 4 members (excludes halogenated alkanes) is 8. The lowest BCUT2D eigenvalue weighted by atomic mass is 10.0. The molecule has 4 saturated carbocycles. The van der Waals surface area contributed by atoms with Crippen LogP contribution >= 0.6 is 0 Å². The van der Waals surface area contributed by atoms with Crippen LogP contribution in [0.3, 0.4) is 0 Å². The summed E-state index contributed by atoms with van der Waals surface area (Å²) in [6, 6.07) is 79.4. The number of carboxylic acid groups (broad SMARTS) is 4. The second kappa shape index (κ2) is 52.3. The summed E-state index contributed by atoms with van der Waals surface area (Å²) < 4.78 is 137. The van der Waals surface area contributed by atoms with Gasteiger partial charge in [-0.3, -0.25) is 38.4 Å². The predicted octanol–water partition coefficient (Wildman–Crippen LogP) is 25.6. The number of carboxylic acids is 4. The van der Waals surface area contributed by atoms with E-state index < -0.39 is 66.4 Å². The van der Waals surface area contributed by atoms with Crippen LogP contribution in [0.1, 0.15) is 225 Å². The summed E-state index contributed by atoms with van der Waals surface area (Å²) >= 11 is 0. The van der Waals surface area contributed by atoms with Crippen molar-refractivity contribution in [2.24, 2.45) is 0 Å². The average Bonchev–Trinajstić information content (AvgIpc) is 1.60. The van der Waals surface area contributed by atoms with Gasteiger partial charge in [-0.15, -0.1) is 0 Å². The van der Waals surface area contributed by atoms with Gasteiger partial charge in [0.1, 0.15) is 46.3 Å². The van der Waals surface area contributed by atoms with Crippen molar-refractivity contribution >= 4 is 47.5 Å². The van der Waals surface area contributed by atoms with Crippen LogP contribution in [-0.2, 0) is 45.3 Å². The van der Waals surface area contributed by atoms with Crippen molar-refractivity contribution < 1.29 is 107 Å². The number of halogens is 5. The SMILES string of the molecule is O=C(O)CCCCCOc1ccccc1CN(C(=O)c1ccc(-c2cccc(F)c2)cc1)C1(F)CC1.[2H]C([2H])(c1ccccc1OCCCCCC(=O)O)N(C(=O)c1ccc(-c2ccc(F)cc2)cc1)C1CC1.[2H]C([2H])(c1ccccc1OCCCCCC(=O)O)N(C(=O)c1ccc(-c2cccc(F)c2)cc1)C1CC1.[2H]C1(N(Cc2ccccc2OCCCCCC(=O)O)C(=O)c2ccc(-c3ccc(F)cc3)cc2)CC1.